The minimum absolute atomic E-state index is 0.00506. The van der Waals surface area contributed by atoms with Crippen molar-refractivity contribution in [1.82, 2.24) is 0 Å². The van der Waals surface area contributed by atoms with E-state index in [1.54, 1.807) is 0 Å². The molecule has 6 N–H and O–H groups in total. The van der Waals surface area contributed by atoms with Gasteiger partial charge in [-0.25, -0.2) is 0 Å². The first-order valence-corrected chi connectivity index (χ1v) is 10.7. The fraction of sp³-hybridized carbons (Fsp3) is 0.773. The van der Waals surface area contributed by atoms with Crippen LogP contribution < -0.4 is 11.5 Å². The smallest absolute Gasteiger partial charge is 0.303 e. The predicted molar refractivity (Wildman–Crippen MR) is 121 cm³/mol. The minimum Gasteiger partial charge on any atom is -0.481 e. The normalized spacial score (nSPS) is 13.5. The molecule has 0 aliphatic carbocycles. The van der Waals surface area contributed by atoms with Gasteiger partial charge >= 0.3 is 5.97 Å². The maximum absolute atomic E-state index is 13.0. The summed E-state index contributed by atoms with van der Waals surface area (Å²) in [6.45, 7) is 9.62. The number of aliphatic carboxylic acids is 2. The lowest BCUT2D eigenvalue weighted by Crippen LogP contribution is -2.30. The summed E-state index contributed by atoms with van der Waals surface area (Å²) in [5.74, 6) is -2.05. The average molecular weight is 444 g/mol. The molecule has 180 valence electrons. The number of carbonyl (C=O) groups excluding carboxylic acids is 2. The molecule has 9 heteroatoms. The van der Waals surface area contributed by atoms with E-state index in [1.807, 2.05) is 27.7 Å². The molecule has 0 aliphatic rings. The second kappa shape index (κ2) is 17.3. The van der Waals surface area contributed by atoms with Gasteiger partial charge in [0.2, 0.25) is 0 Å². The number of hydrogen-bond acceptors (Lipinski definition) is 5. The fourth-order valence-corrected chi connectivity index (χ4v) is 3.50. The third-order valence-corrected chi connectivity index (χ3v) is 4.60. The minimum atomic E-state index is -0.883. The van der Waals surface area contributed by atoms with Gasteiger partial charge in [-0.1, -0.05) is 27.7 Å². The highest BCUT2D eigenvalue weighted by Gasteiger charge is 2.32. The van der Waals surface area contributed by atoms with E-state index in [1.165, 1.54) is 0 Å². The molecular formula is C22H41N3O6. The Bertz CT molecular complexity index is 582. The van der Waals surface area contributed by atoms with Gasteiger partial charge in [-0.2, -0.15) is 0 Å². The van der Waals surface area contributed by atoms with Crippen molar-refractivity contribution in [2.24, 2.45) is 46.0 Å². The molecule has 0 amide bonds. The van der Waals surface area contributed by atoms with Crippen LogP contribution in [-0.4, -0.2) is 46.7 Å². The lowest BCUT2D eigenvalue weighted by molar-refractivity contribution is -0.140. The van der Waals surface area contributed by atoms with E-state index in [0.29, 0.717) is 38.1 Å². The van der Waals surface area contributed by atoms with Gasteiger partial charge in [0, 0.05) is 38.1 Å². The second-order valence-electron chi connectivity index (χ2n) is 8.76. The average Bonchev–Trinajstić information content (AvgIpc) is 2.59. The van der Waals surface area contributed by atoms with Gasteiger partial charge in [0.05, 0.1) is 0 Å². The Morgan fingerprint density at radius 3 is 1.87 bits per heavy atom. The van der Waals surface area contributed by atoms with Crippen LogP contribution in [0.15, 0.2) is 4.99 Å². The summed E-state index contributed by atoms with van der Waals surface area (Å²) in [6.07, 6.45) is 3.43. The zero-order valence-corrected chi connectivity index (χ0v) is 19.5. The van der Waals surface area contributed by atoms with Gasteiger partial charge in [0.25, 0.3) is 5.97 Å². The Labute approximate surface area is 185 Å². The number of nitrogens with two attached hydrogens (primary N) is 2. The summed E-state index contributed by atoms with van der Waals surface area (Å²) in [5, 5.41) is 16.7. The van der Waals surface area contributed by atoms with Crippen LogP contribution in [0.5, 0.6) is 0 Å². The highest BCUT2D eigenvalue weighted by atomic mass is 16.4. The van der Waals surface area contributed by atoms with Crippen LogP contribution in [0.4, 0.5) is 0 Å². The molecule has 0 aromatic carbocycles. The molecule has 0 rings (SSSR count). The number of guanidine groups is 1. The first-order valence-electron chi connectivity index (χ1n) is 10.7. The largest absolute Gasteiger partial charge is 0.481 e. The second-order valence-corrected chi connectivity index (χ2v) is 8.76. The number of hydrogen-bond donors (Lipinski definition) is 4. The SMILES string of the molecule is CC(=O)O.CC(C)C[C@H](CC(=O)O)[C@@H](CC(C)C)C(=O)C[C@H](C=O)CCCN=C(N)N. The number of carbonyl (C=O) groups is 4. The van der Waals surface area contributed by atoms with Crippen molar-refractivity contribution < 1.29 is 29.4 Å². The Morgan fingerprint density at radius 1 is 0.968 bits per heavy atom. The molecule has 0 aliphatic heterocycles. The Kier molecular flexibility index (Phi) is 17.1. The molecule has 0 heterocycles. The van der Waals surface area contributed by atoms with Crippen LogP contribution in [0.2, 0.25) is 0 Å². The van der Waals surface area contributed by atoms with Gasteiger partial charge in [0.15, 0.2) is 5.96 Å². The number of carboxylic acid groups (broad SMARTS) is 2. The maximum atomic E-state index is 13.0. The molecule has 0 aromatic rings. The summed E-state index contributed by atoms with van der Waals surface area (Å²) in [5.41, 5.74) is 10.6. The standard InChI is InChI=1S/C20H37N3O4.C2H4O2/c1-13(2)8-16(11-19(26)27)17(9-14(3)4)18(25)10-15(12-24)6-5-7-23-20(21)22;1-2(3)4/h12-17H,5-11H2,1-4H3,(H,26,27)(H4,21,22,23);1H3,(H,3,4)/t15-,16-,17-;/m1./s1. The Balaban J connectivity index is 0. The number of rotatable bonds is 15. The van der Waals surface area contributed by atoms with Crippen molar-refractivity contribution in [2.75, 3.05) is 6.54 Å². The van der Waals surface area contributed by atoms with E-state index in [-0.39, 0.29) is 48.3 Å². The molecule has 0 saturated heterocycles. The Hall–Kier alpha value is -2.45. The molecular weight excluding hydrogens is 402 g/mol. The van der Waals surface area contributed by atoms with E-state index >= 15 is 0 Å². The molecule has 31 heavy (non-hydrogen) atoms. The van der Waals surface area contributed by atoms with Crippen molar-refractivity contribution in [3.63, 3.8) is 0 Å². The molecule has 0 radical (unpaired) electrons. The number of aldehydes is 1. The molecule has 0 bridgehead atoms. The van der Waals surface area contributed by atoms with Crippen LogP contribution in [0.1, 0.15) is 73.1 Å². The predicted octanol–water partition coefficient (Wildman–Crippen LogP) is 2.70. The van der Waals surface area contributed by atoms with E-state index in [0.717, 1.165) is 13.2 Å². The summed E-state index contributed by atoms with van der Waals surface area (Å²) in [7, 11) is 0. The number of aliphatic imine (C=N–C) groups is 1. The van der Waals surface area contributed by atoms with Crippen molar-refractivity contribution in [3.8, 4) is 0 Å². The summed E-state index contributed by atoms with van der Waals surface area (Å²) >= 11 is 0. The summed E-state index contributed by atoms with van der Waals surface area (Å²) < 4.78 is 0. The number of Topliss-reactive ketones (excluding diaryl/α,β-unsaturated/α-hetero) is 1. The maximum Gasteiger partial charge on any atom is 0.303 e. The van der Waals surface area contributed by atoms with Crippen molar-refractivity contribution >= 4 is 30.0 Å². The first kappa shape index (κ1) is 30.7. The molecule has 0 unspecified atom stereocenters. The van der Waals surface area contributed by atoms with Crippen LogP contribution in [-0.2, 0) is 19.2 Å². The monoisotopic (exact) mass is 443 g/mol. The zero-order chi connectivity index (χ0) is 24.6. The van der Waals surface area contributed by atoms with Crippen molar-refractivity contribution in [1.29, 1.82) is 0 Å². The van der Waals surface area contributed by atoms with Crippen LogP contribution in [0.25, 0.3) is 0 Å². The van der Waals surface area contributed by atoms with Crippen LogP contribution in [0.3, 0.4) is 0 Å². The van der Waals surface area contributed by atoms with E-state index in [4.69, 9.17) is 21.4 Å². The molecule has 9 nitrogen and oxygen atoms in total. The lowest BCUT2D eigenvalue weighted by Gasteiger charge is -2.28. The molecule has 3 atom stereocenters. The number of carboxylic acids is 2. The lowest BCUT2D eigenvalue weighted by atomic mass is 9.75. The fourth-order valence-electron chi connectivity index (χ4n) is 3.50. The van der Waals surface area contributed by atoms with Crippen molar-refractivity contribution in [3.05, 3.63) is 0 Å². The first-order chi connectivity index (χ1) is 14.3. The number of nitrogens with zero attached hydrogens (tertiary/aromatic N) is 1. The highest BCUT2D eigenvalue weighted by Crippen LogP contribution is 2.32. The van der Waals surface area contributed by atoms with Gasteiger partial charge in [-0.15, -0.1) is 0 Å². The van der Waals surface area contributed by atoms with Crippen molar-refractivity contribution in [2.45, 2.75) is 73.1 Å². The van der Waals surface area contributed by atoms with Gasteiger partial charge in [-0.3, -0.25) is 19.4 Å². The third-order valence-electron chi connectivity index (χ3n) is 4.60. The topological polar surface area (TPSA) is 173 Å². The number of ketones is 1. The van der Waals surface area contributed by atoms with Gasteiger partial charge in [-0.05, 0) is 43.4 Å². The molecule has 0 spiro atoms. The zero-order valence-electron chi connectivity index (χ0n) is 19.5. The molecule has 0 fully saturated rings. The van der Waals surface area contributed by atoms with E-state index in [9.17, 15) is 19.5 Å². The molecule has 0 aromatic heterocycles. The molecule has 0 saturated carbocycles. The van der Waals surface area contributed by atoms with Crippen LogP contribution >= 0.6 is 0 Å². The quantitative estimate of drug-likeness (QED) is 0.129. The summed E-state index contributed by atoms with van der Waals surface area (Å²) in [6, 6.07) is 0. The van der Waals surface area contributed by atoms with E-state index in [2.05, 4.69) is 4.99 Å². The Morgan fingerprint density at radius 2 is 1.48 bits per heavy atom. The highest BCUT2D eigenvalue weighted by molar-refractivity contribution is 5.84. The summed E-state index contributed by atoms with van der Waals surface area (Å²) in [4.78, 5) is 48.6. The van der Waals surface area contributed by atoms with Gasteiger partial charge < -0.3 is 26.5 Å². The third kappa shape index (κ3) is 19.3. The van der Waals surface area contributed by atoms with Crippen LogP contribution in [0, 0.1) is 29.6 Å². The van der Waals surface area contributed by atoms with Gasteiger partial charge in [0.1, 0.15) is 12.1 Å². The van der Waals surface area contributed by atoms with E-state index < -0.39 is 11.9 Å².